The molecule has 0 bridgehead atoms. The van der Waals surface area contributed by atoms with E-state index in [2.05, 4.69) is 12.2 Å². The molecule has 0 aliphatic heterocycles. The van der Waals surface area contributed by atoms with Crippen LogP contribution in [-0.4, -0.2) is 76.0 Å². The van der Waals surface area contributed by atoms with Crippen molar-refractivity contribution >= 4 is 18.3 Å². The Kier molecular flexibility index (Phi) is 29.9. The number of hydrogen-bond acceptors (Lipinski definition) is 8. The molecule has 0 radical (unpaired) electrons. The van der Waals surface area contributed by atoms with E-state index in [4.69, 9.17) is 23.7 Å². The SMILES string of the molecule is CCCCCCCCCCCCCCCNC(=O)OCCOCCOCCOC(=O)N(Cc1cccc[n+]1CC)C(=O)OCC.[I-]. The molecule has 1 rings (SSSR count). The number of amides is 3. The molecular formula is C34H60IN3O8. The van der Waals surface area contributed by atoms with E-state index < -0.39 is 18.3 Å². The van der Waals surface area contributed by atoms with Crippen molar-refractivity contribution in [1.29, 1.82) is 0 Å². The van der Waals surface area contributed by atoms with Gasteiger partial charge in [0.05, 0.1) is 33.0 Å². The lowest BCUT2D eigenvalue weighted by atomic mass is 10.0. The number of pyridine rings is 1. The van der Waals surface area contributed by atoms with Crippen LogP contribution in [0.3, 0.4) is 0 Å². The first-order chi connectivity index (χ1) is 22.0. The molecule has 0 aliphatic carbocycles. The number of unbranched alkanes of at least 4 members (excludes halogenated alkanes) is 12. The van der Waals surface area contributed by atoms with Crippen molar-refractivity contribution < 1.29 is 66.6 Å². The molecule has 12 heteroatoms. The molecule has 1 aromatic heterocycles. The number of alkyl carbamates (subject to hydrolysis) is 1. The van der Waals surface area contributed by atoms with Crippen LogP contribution >= 0.6 is 0 Å². The van der Waals surface area contributed by atoms with Crippen molar-refractivity contribution in [2.24, 2.45) is 0 Å². The molecule has 1 heterocycles. The second-order valence-electron chi connectivity index (χ2n) is 10.9. The summed E-state index contributed by atoms with van der Waals surface area (Å²) >= 11 is 0. The topological polar surface area (TPSA) is 117 Å². The number of rotatable bonds is 27. The first-order valence-corrected chi connectivity index (χ1v) is 17.2. The minimum Gasteiger partial charge on any atom is -1.00 e. The molecule has 0 aromatic carbocycles. The highest BCUT2D eigenvalue weighted by Crippen LogP contribution is 2.12. The zero-order chi connectivity index (χ0) is 32.8. The highest BCUT2D eigenvalue weighted by atomic mass is 127. The molecule has 0 unspecified atom stereocenters. The first kappa shape index (κ1) is 43.8. The number of aryl methyl sites for hydroxylation is 1. The summed E-state index contributed by atoms with van der Waals surface area (Å²) in [5, 5.41) is 2.78. The van der Waals surface area contributed by atoms with Crippen molar-refractivity contribution in [2.45, 2.75) is 117 Å². The van der Waals surface area contributed by atoms with Gasteiger partial charge in [-0.3, -0.25) is 0 Å². The summed E-state index contributed by atoms with van der Waals surface area (Å²) in [5.74, 6) is 0. The fourth-order valence-corrected chi connectivity index (χ4v) is 4.70. The van der Waals surface area contributed by atoms with E-state index in [-0.39, 0.29) is 70.2 Å². The van der Waals surface area contributed by atoms with Gasteiger partial charge in [0.15, 0.2) is 6.20 Å². The van der Waals surface area contributed by atoms with E-state index in [9.17, 15) is 14.4 Å². The predicted octanol–water partition coefficient (Wildman–Crippen LogP) is 3.94. The number of nitrogens with zero attached hydrogens (tertiary/aromatic N) is 2. The van der Waals surface area contributed by atoms with E-state index in [1.807, 2.05) is 35.9 Å². The van der Waals surface area contributed by atoms with Gasteiger partial charge in [-0.2, -0.15) is 0 Å². The minimum absolute atomic E-state index is 0. The van der Waals surface area contributed by atoms with Crippen LogP contribution in [0.15, 0.2) is 24.4 Å². The molecule has 0 aliphatic rings. The zero-order valence-corrected chi connectivity index (χ0v) is 30.8. The maximum absolute atomic E-state index is 12.6. The zero-order valence-electron chi connectivity index (χ0n) is 28.6. The van der Waals surface area contributed by atoms with Gasteiger partial charge in [-0.1, -0.05) is 90.0 Å². The predicted molar refractivity (Wildman–Crippen MR) is 173 cm³/mol. The Morgan fingerprint density at radius 3 is 1.76 bits per heavy atom. The molecule has 1 aromatic rings. The van der Waals surface area contributed by atoms with Crippen LogP contribution in [0.1, 0.15) is 110 Å². The van der Waals surface area contributed by atoms with Crippen LogP contribution in [0.25, 0.3) is 0 Å². The number of hydrogen-bond donors (Lipinski definition) is 1. The maximum Gasteiger partial charge on any atom is 0.419 e. The molecule has 0 saturated heterocycles. The number of carbonyl (C=O) groups is 3. The summed E-state index contributed by atoms with van der Waals surface area (Å²) in [6.07, 6.45) is 16.7. The molecule has 3 amide bonds. The van der Waals surface area contributed by atoms with Gasteiger partial charge in [-0.05, 0) is 20.3 Å². The van der Waals surface area contributed by atoms with Gasteiger partial charge in [0.1, 0.15) is 26.3 Å². The molecule has 0 atom stereocenters. The maximum atomic E-state index is 12.6. The van der Waals surface area contributed by atoms with Gasteiger partial charge in [0, 0.05) is 18.7 Å². The summed E-state index contributed by atoms with van der Waals surface area (Å²) in [6.45, 7) is 8.51. The monoisotopic (exact) mass is 765 g/mol. The molecule has 11 nitrogen and oxygen atoms in total. The average molecular weight is 766 g/mol. The molecule has 46 heavy (non-hydrogen) atoms. The largest absolute Gasteiger partial charge is 1.00 e. The fourth-order valence-electron chi connectivity index (χ4n) is 4.70. The molecule has 0 fully saturated rings. The Balaban J connectivity index is 0.0000202. The Labute approximate surface area is 294 Å². The second-order valence-corrected chi connectivity index (χ2v) is 10.9. The van der Waals surface area contributed by atoms with E-state index in [0.717, 1.165) is 23.4 Å². The van der Waals surface area contributed by atoms with Crippen LogP contribution in [-0.2, 0) is 36.8 Å². The molecular weight excluding hydrogens is 705 g/mol. The third-order valence-corrected chi connectivity index (χ3v) is 7.24. The minimum atomic E-state index is -0.802. The van der Waals surface area contributed by atoms with E-state index in [1.165, 1.54) is 70.6 Å². The average Bonchev–Trinajstić information content (AvgIpc) is 3.04. The molecule has 0 spiro atoms. The van der Waals surface area contributed by atoms with Crippen molar-refractivity contribution in [2.75, 3.05) is 52.8 Å². The first-order valence-electron chi connectivity index (χ1n) is 17.2. The van der Waals surface area contributed by atoms with Crippen molar-refractivity contribution in [1.82, 2.24) is 10.2 Å². The van der Waals surface area contributed by atoms with Gasteiger partial charge in [0.25, 0.3) is 0 Å². The second kappa shape index (κ2) is 31.4. The fraction of sp³-hybridized carbons (Fsp3) is 0.765. The summed E-state index contributed by atoms with van der Waals surface area (Å²) in [5.41, 5.74) is 0.773. The standard InChI is InChI=1S/C34H59N3O8.HI/c1-4-7-8-9-10-11-12-13-14-15-16-17-19-22-35-32(38)44-28-26-41-24-25-42-27-29-45-34(40)37(33(39)43-6-3)30-31-21-18-20-23-36(31)5-2;/h18,20-21,23H,4-17,19,22,24-30H2,1-3H3;1H. The third kappa shape index (κ3) is 23.2. The van der Waals surface area contributed by atoms with Crippen molar-refractivity contribution in [3.05, 3.63) is 30.1 Å². The smallest absolute Gasteiger partial charge is 0.419 e. The van der Waals surface area contributed by atoms with Gasteiger partial charge in [-0.15, -0.1) is 0 Å². The summed E-state index contributed by atoms with van der Waals surface area (Å²) in [4.78, 5) is 37.7. The number of aromatic nitrogens is 1. The third-order valence-electron chi connectivity index (χ3n) is 7.24. The van der Waals surface area contributed by atoms with Crippen LogP contribution in [0, 0.1) is 0 Å². The van der Waals surface area contributed by atoms with E-state index in [0.29, 0.717) is 19.7 Å². The Bertz CT molecular complexity index is 909. The van der Waals surface area contributed by atoms with Crippen LogP contribution in [0.5, 0.6) is 0 Å². The number of carbonyl (C=O) groups excluding carboxylic acids is 3. The number of nitrogens with one attached hydrogen (secondary N) is 1. The summed E-state index contributed by atoms with van der Waals surface area (Å²) in [6, 6.07) is 5.56. The van der Waals surface area contributed by atoms with Crippen LogP contribution in [0.4, 0.5) is 14.4 Å². The number of ether oxygens (including phenoxy) is 5. The van der Waals surface area contributed by atoms with Crippen LogP contribution < -0.4 is 33.9 Å². The Hall–Kier alpha value is -2.19. The molecule has 266 valence electrons. The van der Waals surface area contributed by atoms with Crippen LogP contribution in [0.2, 0.25) is 0 Å². The Morgan fingerprint density at radius 1 is 0.674 bits per heavy atom. The number of imide groups is 1. The molecule has 1 N–H and O–H groups in total. The van der Waals surface area contributed by atoms with E-state index >= 15 is 0 Å². The van der Waals surface area contributed by atoms with Gasteiger partial charge in [-0.25, -0.2) is 23.9 Å². The van der Waals surface area contributed by atoms with Crippen molar-refractivity contribution in [3.63, 3.8) is 0 Å². The van der Waals surface area contributed by atoms with Crippen molar-refractivity contribution in [3.8, 4) is 0 Å². The normalized spacial score (nSPS) is 10.6. The van der Waals surface area contributed by atoms with Gasteiger partial charge < -0.3 is 53.0 Å². The lowest BCUT2D eigenvalue weighted by Crippen LogP contribution is -3.00. The summed E-state index contributed by atoms with van der Waals surface area (Å²) < 4.78 is 28.2. The highest BCUT2D eigenvalue weighted by molar-refractivity contribution is 5.87. The highest BCUT2D eigenvalue weighted by Gasteiger charge is 2.27. The lowest BCUT2D eigenvalue weighted by Gasteiger charge is -2.18. The number of halogens is 1. The van der Waals surface area contributed by atoms with E-state index in [1.54, 1.807) is 6.92 Å². The molecule has 0 saturated carbocycles. The summed E-state index contributed by atoms with van der Waals surface area (Å²) in [7, 11) is 0. The quantitative estimate of drug-likeness (QED) is 0.0621. The Morgan fingerprint density at radius 2 is 1.20 bits per heavy atom. The van der Waals surface area contributed by atoms with Gasteiger partial charge >= 0.3 is 18.3 Å². The van der Waals surface area contributed by atoms with Gasteiger partial charge in [0.2, 0.25) is 5.69 Å². The lowest BCUT2D eigenvalue weighted by molar-refractivity contribution is -0.701.